The van der Waals surface area contributed by atoms with Crippen LogP contribution < -0.4 is 24.2 Å². The average molecular weight is 471 g/mol. The van der Waals surface area contributed by atoms with Crippen LogP contribution in [0.2, 0.25) is 0 Å². The lowest BCUT2D eigenvalue weighted by Crippen LogP contribution is -2.27. The molecule has 2 N–H and O–H groups in total. The van der Waals surface area contributed by atoms with Crippen molar-refractivity contribution in [3.8, 4) is 17.2 Å². The zero-order valence-corrected chi connectivity index (χ0v) is 19.4. The van der Waals surface area contributed by atoms with Gasteiger partial charge in [0.1, 0.15) is 22.1 Å². The predicted molar refractivity (Wildman–Crippen MR) is 126 cm³/mol. The highest BCUT2D eigenvalue weighted by molar-refractivity contribution is 7.89. The summed E-state index contributed by atoms with van der Waals surface area (Å²) in [5, 5.41) is 2.73. The lowest BCUT2D eigenvalue weighted by molar-refractivity contribution is 0.102. The van der Waals surface area contributed by atoms with Crippen molar-refractivity contribution >= 4 is 21.6 Å². The molecule has 33 heavy (non-hydrogen) atoms. The smallest absolute Gasteiger partial charge is 0.255 e. The van der Waals surface area contributed by atoms with Crippen LogP contribution in [0.3, 0.4) is 0 Å². The molecule has 9 heteroatoms. The van der Waals surface area contributed by atoms with Gasteiger partial charge >= 0.3 is 0 Å². The maximum atomic E-state index is 13.0. The number of anilines is 1. The van der Waals surface area contributed by atoms with E-state index in [4.69, 9.17) is 14.2 Å². The van der Waals surface area contributed by atoms with Crippen LogP contribution >= 0.6 is 0 Å². The van der Waals surface area contributed by atoms with Gasteiger partial charge in [-0.1, -0.05) is 30.3 Å². The van der Waals surface area contributed by atoms with Gasteiger partial charge in [0, 0.05) is 18.2 Å². The summed E-state index contributed by atoms with van der Waals surface area (Å²) in [5.41, 5.74) is 1.54. The molecule has 0 unspecified atom stereocenters. The lowest BCUT2D eigenvalue weighted by Gasteiger charge is -2.14. The van der Waals surface area contributed by atoms with Gasteiger partial charge in [-0.05, 0) is 42.3 Å². The summed E-state index contributed by atoms with van der Waals surface area (Å²) in [4.78, 5) is 12.8. The first-order chi connectivity index (χ1) is 15.9. The first-order valence-electron chi connectivity index (χ1n) is 10.1. The molecule has 174 valence electrons. The number of amides is 1. The number of hydrogen-bond donors (Lipinski definition) is 2. The zero-order chi connectivity index (χ0) is 23.8. The van der Waals surface area contributed by atoms with Gasteiger partial charge in [-0.25, -0.2) is 13.1 Å². The summed E-state index contributed by atoms with van der Waals surface area (Å²) in [6, 6.07) is 18.7. The monoisotopic (exact) mass is 470 g/mol. The standard InChI is InChI=1S/C24H26N2O6S/c1-30-19-10-12-21(31-2)20(16-19)26-24(27)18-9-11-22(32-3)23(15-18)33(28,29)25-14-13-17-7-5-4-6-8-17/h4-12,15-16,25H,13-14H2,1-3H3,(H,26,27). The highest BCUT2D eigenvalue weighted by atomic mass is 32.2. The van der Waals surface area contributed by atoms with Gasteiger partial charge in [0.25, 0.3) is 5.91 Å². The number of methoxy groups -OCH3 is 3. The number of carbonyl (C=O) groups excluding carboxylic acids is 1. The van der Waals surface area contributed by atoms with Crippen molar-refractivity contribution in [1.29, 1.82) is 0 Å². The van der Waals surface area contributed by atoms with E-state index in [0.717, 1.165) is 5.56 Å². The number of ether oxygens (including phenoxy) is 3. The molecule has 0 atom stereocenters. The van der Waals surface area contributed by atoms with E-state index in [0.29, 0.717) is 23.6 Å². The minimum atomic E-state index is -3.93. The topological polar surface area (TPSA) is 103 Å². The summed E-state index contributed by atoms with van der Waals surface area (Å²) in [6.07, 6.45) is 0.526. The van der Waals surface area contributed by atoms with Crippen LogP contribution in [0, 0.1) is 0 Å². The molecule has 0 aliphatic heterocycles. The molecule has 1 amide bonds. The third kappa shape index (κ3) is 6.03. The largest absolute Gasteiger partial charge is 0.497 e. The van der Waals surface area contributed by atoms with Crippen molar-refractivity contribution in [2.75, 3.05) is 33.2 Å². The Hall–Kier alpha value is -3.56. The number of nitrogens with one attached hydrogen (secondary N) is 2. The maximum Gasteiger partial charge on any atom is 0.255 e. The molecule has 0 spiro atoms. The minimum Gasteiger partial charge on any atom is -0.497 e. The lowest BCUT2D eigenvalue weighted by atomic mass is 10.2. The summed E-state index contributed by atoms with van der Waals surface area (Å²) in [5.74, 6) is 0.600. The van der Waals surface area contributed by atoms with E-state index in [1.54, 1.807) is 18.2 Å². The number of benzene rings is 3. The van der Waals surface area contributed by atoms with Gasteiger partial charge in [-0.2, -0.15) is 0 Å². The molecule has 8 nitrogen and oxygen atoms in total. The number of hydrogen-bond acceptors (Lipinski definition) is 6. The van der Waals surface area contributed by atoms with Gasteiger partial charge in [0.05, 0.1) is 27.0 Å². The number of carbonyl (C=O) groups is 1. The molecule has 3 aromatic carbocycles. The Bertz CT molecular complexity index is 1210. The highest BCUT2D eigenvalue weighted by Gasteiger charge is 2.22. The third-order valence-electron chi connectivity index (χ3n) is 4.92. The second kappa shape index (κ2) is 10.8. The minimum absolute atomic E-state index is 0.122. The van der Waals surface area contributed by atoms with Crippen LogP contribution in [-0.4, -0.2) is 42.2 Å². The Morgan fingerprint density at radius 3 is 2.21 bits per heavy atom. The SMILES string of the molecule is COc1ccc(OC)c(NC(=O)c2ccc(OC)c(S(=O)(=O)NCCc3ccccc3)c2)c1. The van der Waals surface area contributed by atoms with Gasteiger partial charge in [0.15, 0.2) is 0 Å². The third-order valence-corrected chi connectivity index (χ3v) is 6.40. The van der Waals surface area contributed by atoms with Crippen LogP contribution in [0.25, 0.3) is 0 Å². The molecule has 0 radical (unpaired) electrons. The van der Waals surface area contributed by atoms with Crippen LogP contribution in [0.4, 0.5) is 5.69 Å². The van der Waals surface area contributed by atoms with Crippen LogP contribution in [0.1, 0.15) is 15.9 Å². The maximum absolute atomic E-state index is 13.0. The van der Waals surface area contributed by atoms with E-state index in [2.05, 4.69) is 10.0 Å². The predicted octanol–water partition coefficient (Wildman–Crippen LogP) is 3.49. The summed E-state index contributed by atoms with van der Waals surface area (Å²) in [6.45, 7) is 0.201. The molecule has 0 aliphatic rings. The van der Waals surface area contributed by atoms with Crippen molar-refractivity contribution in [3.63, 3.8) is 0 Å². The number of rotatable bonds is 10. The van der Waals surface area contributed by atoms with Crippen molar-refractivity contribution in [3.05, 3.63) is 77.9 Å². The Morgan fingerprint density at radius 1 is 0.848 bits per heavy atom. The van der Waals surface area contributed by atoms with E-state index in [1.807, 2.05) is 30.3 Å². The van der Waals surface area contributed by atoms with E-state index < -0.39 is 15.9 Å². The highest BCUT2D eigenvalue weighted by Crippen LogP contribution is 2.30. The average Bonchev–Trinajstić information content (AvgIpc) is 2.84. The van der Waals surface area contributed by atoms with E-state index in [1.165, 1.54) is 39.5 Å². The molecular weight excluding hydrogens is 444 g/mol. The van der Waals surface area contributed by atoms with Gasteiger partial charge in [-0.15, -0.1) is 0 Å². The molecule has 3 rings (SSSR count). The molecular formula is C24H26N2O6S. The fourth-order valence-corrected chi connectivity index (χ4v) is 4.41. The zero-order valence-electron chi connectivity index (χ0n) is 18.6. The molecule has 0 bridgehead atoms. The Balaban J connectivity index is 1.82. The van der Waals surface area contributed by atoms with E-state index >= 15 is 0 Å². The normalized spacial score (nSPS) is 11.0. The van der Waals surface area contributed by atoms with E-state index in [-0.39, 0.29) is 22.8 Å². The molecule has 0 fully saturated rings. The van der Waals surface area contributed by atoms with Crippen molar-refractivity contribution < 1.29 is 27.4 Å². The first-order valence-corrected chi connectivity index (χ1v) is 11.6. The second-order valence-corrected chi connectivity index (χ2v) is 8.75. The van der Waals surface area contributed by atoms with Crippen molar-refractivity contribution in [2.24, 2.45) is 0 Å². The molecule has 0 aliphatic carbocycles. The summed E-state index contributed by atoms with van der Waals surface area (Å²) < 4.78 is 44.2. The van der Waals surface area contributed by atoms with Crippen LogP contribution in [0.5, 0.6) is 17.2 Å². The fraction of sp³-hybridized carbons (Fsp3) is 0.208. The molecule has 0 heterocycles. The quantitative estimate of drug-likeness (QED) is 0.470. The molecule has 0 aromatic heterocycles. The van der Waals surface area contributed by atoms with Gasteiger partial charge in [0.2, 0.25) is 10.0 Å². The van der Waals surface area contributed by atoms with Gasteiger partial charge < -0.3 is 19.5 Å². The van der Waals surface area contributed by atoms with Crippen LogP contribution in [0.15, 0.2) is 71.6 Å². The van der Waals surface area contributed by atoms with Crippen LogP contribution in [-0.2, 0) is 16.4 Å². The Labute approximate surface area is 193 Å². The first kappa shape index (κ1) is 24.1. The summed E-state index contributed by atoms with van der Waals surface area (Å²) >= 11 is 0. The van der Waals surface area contributed by atoms with Crippen molar-refractivity contribution in [2.45, 2.75) is 11.3 Å². The Kier molecular flexibility index (Phi) is 7.92. The molecule has 3 aromatic rings. The second-order valence-electron chi connectivity index (χ2n) is 7.02. The summed E-state index contributed by atoms with van der Waals surface area (Å²) in [7, 11) is 0.444. The molecule has 0 saturated carbocycles. The fourth-order valence-electron chi connectivity index (χ4n) is 3.19. The molecule has 0 saturated heterocycles. The van der Waals surface area contributed by atoms with Gasteiger partial charge in [-0.3, -0.25) is 4.79 Å². The van der Waals surface area contributed by atoms with E-state index in [9.17, 15) is 13.2 Å². The van der Waals surface area contributed by atoms with Crippen molar-refractivity contribution in [1.82, 2.24) is 4.72 Å². The Morgan fingerprint density at radius 2 is 1.55 bits per heavy atom. The number of sulfonamides is 1.